The summed E-state index contributed by atoms with van der Waals surface area (Å²) in [7, 11) is 0. The number of nitriles is 2. The van der Waals surface area contributed by atoms with E-state index >= 15 is 0 Å². The molecule has 3 aromatic rings. The van der Waals surface area contributed by atoms with Crippen LogP contribution in [0.5, 0.6) is 0 Å². The van der Waals surface area contributed by atoms with Crippen LogP contribution in [0.3, 0.4) is 0 Å². The van der Waals surface area contributed by atoms with Crippen LogP contribution in [0, 0.1) is 22.7 Å². The molecule has 4 nitrogen and oxygen atoms in total. The summed E-state index contributed by atoms with van der Waals surface area (Å²) in [6.45, 7) is 0. The third-order valence-electron chi connectivity index (χ3n) is 3.63. The Morgan fingerprint density at radius 2 is 0.962 bits per heavy atom. The summed E-state index contributed by atoms with van der Waals surface area (Å²) < 4.78 is 0. The van der Waals surface area contributed by atoms with Gasteiger partial charge in [0.2, 0.25) is 0 Å². The van der Waals surface area contributed by atoms with Gasteiger partial charge in [0.1, 0.15) is 12.1 Å². The lowest BCUT2D eigenvalue weighted by molar-refractivity contribution is 1.10. The van der Waals surface area contributed by atoms with Gasteiger partial charge in [-0.15, -0.1) is 0 Å². The molecule has 2 aromatic carbocycles. The van der Waals surface area contributed by atoms with Gasteiger partial charge in [0.15, 0.2) is 11.4 Å². The van der Waals surface area contributed by atoms with Crippen LogP contribution >= 0.6 is 0 Å². The predicted molar refractivity (Wildman–Crippen MR) is 102 cm³/mol. The third-order valence-corrected chi connectivity index (χ3v) is 3.63. The number of rotatable bonds is 4. The standard InChI is InChI=1S/C22H14N4/c23-15-21-22(16-24)26-20(14-12-18-9-5-2-6-10-18)19(25-21)13-11-17-7-3-1-4-8-17/h1-14H/b13-11+,14-12+. The van der Waals surface area contributed by atoms with Crippen LogP contribution in [0.2, 0.25) is 0 Å². The van der Waals surface area contributed by atoms with Gasteiger partial charge in [0, 0.05) is 0 Å². The van der Waals surface area contributed by atoms with Gasteiger partial charge in [-0.1, -0.05) is 72.8 Å². The summed E-state index contributed by atoms with van der Waals surface area (Å²) in [5.41, 5.74) is 3.15. The molecular formula is C22H14N4. The highest BCUT2D eigenvalue weighted by molar-refractivity contribution is 5.77. The molecule has 0 radical (unpaired) electrons. The second-order valence-electron chi connectivity index (χ2n) is 5.40. The quantitative estimate of drug-likeness (QED) is 0.701. The topological polar surface area (TPSA) is 73.4 Å². The second-order valence-corrected chi connectivity index (χ2v) is 5.40. The van der Waals surface area contributed by atoms with Crippen molar-refractivity contribution in [3.8, 4) is 12.1 Å². The minimum absolute atomic E-state index is 0.0251. The zero-order valence-electron chi connectivity index (χ0n) is 13.9. The molecule has 0 aliphatic heterocycles. The largest absolute Gasteiger partial charge is 0.232 e. The van der Waals surface area contributed by atoms with Crippen molar-refractivity contribution in [2.75, 3.05) is 0 Å². The van der Waals surface area contributed by atoms with Gasteiger partial charge in [0.05, 0.1) is 11.4 Å². The van der Waals surface area contributed by atoms with E-state index in [9.17, 15) is 10.5 Å². The van der Waals surface area contributed by atoms with Crippen LogP contribution in [0.4, 0.5) is 0 Å². The zero-order valence-corrected chi connectivity index (χ0v) is 13.9. The van der Waals surface area contributed by atoms with Crippen molar-refractivity contribution in [1.29, 1.82) is 10.5 Å². The minimum atomic E-state index is 0.0251. The molecule has 0 N–H and O–H groups in total. The molecule has 0 saturated heterocycles. The van der Waals surface area contributed by atoms with E-state index in [0.29, 0.717) is 11.4 Å². The summed E-state index contributed by atoms with van der Waals surface area (Å²) in [5.74, 6) is 0. The normalized spacial score (nSPS) is 10.7. The molecular weight excluding hydrogens is 320 g/mol. The Morgan fingerprint density at radius 3 is 1.31 bits per heavy atom. The first-order valence-electron chi connectivity index (χ1n) is 7.98. The second kappa shape index (κ2) is 8.19. The van der Waals surface area contributed by atoms with E-state index in [0.717, 1.165) is 11.1 Å². The summed E-state index contributed by atoms with van der Waals surface area (Å²) >= 11 is 0. The molecule has 0 unspecified atom stereocenters. The highest BCUT2D eigenvalue weighted by Crippen LogP contribution is 2.15. The molecule has 4 heteroatoms. The fourth-order valence-electron chi connectivity index (χ4n) is 2.34. The number of hydrogen-bond donors (Lipinski definition) is 0. The van der Waals surface area contributed by atoms with Crippen molar-refractivity contribution in [3.05, 3.63) is 94.6 Å². The fraction of sp³-hybridized carbons (Fsp3) is 0. The Balaban J connectivity index is 2.03. The highest BCUT2D eigenvalue weighted by atomic mass is 14.8. The Kier molecular flexibility index (Phi) is 5.30. The average molecular weight is 334 g/mol. The number of hydrogen-bond acceptors (Lipinski definition) is 4. The number of aromatic nitrogens is 2. The molecule has 0 fully saturated rings. The Hall–Kier alpha value is -4.02. The monoisotopic (exact) mass is 334 g/mol. The molecule has 3 rings (SSSR count). The lowest BCUT2D eigenvalue weighted by Crippen LogP contribution is -2.00. The van der Waals surface area contributed by atoms with Gasteiger partial charge in [-0.05, 0) is 23.3 Å². The van der Waals surface area contributed by atoms with Gasteiger partial charge in [-0.25, -0.2) is 9.97 Å². The highest BCUT2D eigenvalue weighted by Gasteiger charge is 2.10. The van der Waals surface area contributed by atoms with E-state index in [-0.39, 0.29) is 11.4 Å². The Labute approximate surface area is 152 Å². The van der Waals surface area contributed by atoms with Crippen LogP contribution in [0.15, 0.2) is 60.7 Å². The van der Waals surface area contributed by atoms with E-state index in [1.54, 1.807) is 12.2 Å². The first-order chi connectivity index (χ1) is 12.8. The predicted octanol–water partition coefficient (Wildman–Crippen LogP) is 4.56. The van der Waals surface area contributed by atoms with Gasteiger partial charge in [-0.3, -0.25) is 0 Å². The molecule has 0 amide bonds. The minimum Gasteiger partial charge on any atom is -0.232 e. The zero-order chi connectivity index (χ0) is 18.2. The Bertz CT molecular complexity index is 951. The van der Waals surface area contributed by atoms with Crippen molar-refractivity contribution in [2.45, 2.75) is 0 Å². The molecule has 122 valence electrons. The number of nitrogens with zero attached hydrogens (tertiary/aromatic N) is 4. The van der Waals surface area contributed by atoms with Crippen molar-refractivity contribution >= 4 is 24.3 Å². The van der Waals surface area contributed by atoms with E-state index in [1.807, 2.05) is 85.0 Å². The molecule has 0 aliphatic carbocycles. The maximum Gasteiger partial charge on any atom is 0.177 e. The van der Waals surface area contributed by atoms with Crippen LogP contribution in [0.25, 0.3) is 24.3 Å². The van der Waals surface area contributed by atoms with E-state index in [4.69, 9.17) is 0 Å². The van der Waals surface area contributed by atoms with Crippen molar-refractivity contribution < 1.29 is 0 Å². The van der Waals surface area contributed by atoms with E-state index < -0.39 is 0 Å². The first kappa shape index (κ1) is 16.8. The molecule has 0 atom stereocenters. The number of benzene rings is 2. The lowest BCUT2D eigenvalue weighted by Gasteiger charge is -2.03. The van der Waals surface area contributed by atoms with E-state index in [2.05, 4.69) is 9.97 Å². The molecule has 0 saturated carbocycles. The van der Waals surface area contributed by atoms with Crippen LogP contribution in [0.1, 0.15) is 33.9 Å². The third kappa shape index (κ3) is 4.08. The summed E-state index contributed by atoms with van der Waals surface area (Å²) in [6, 6.07) is 23.4. The van der Waals surface area contributed by atoms with Crippen LogP contribution in [-0.4, -0.2) is 9.97 Å². The SMILES string of the molecule is N#Cc1nc(/C=C/c2ccccc2)c(/C=C/c2ccccc2)nc1C#N. The smallest absolute Gasteiger partial charge is 0.177 e. The van der Waals surface area contributed by atoms with Crippen LogP contribution in [-0.2, 0) is 0 Å². The summed E-state index contributed by atoms with van der Waals surface area (Å²) in [4.78, 5) is 8.61. The molecule has 26 heavy (non-hydrogen) atoms. The van der Waals surface area contributed by atoms with Gasteiger partial charge in [0.25, 0.3) is 0 Å². The van der Waals surface area contributed by atoms with Crippen LogP contribution < -0.4 is 0 Å². The average Bonchev–Trinajstić information content (AvgIpc) is 2.72. The van der Waals surface area contributed by atoms with Gasteiger partial charge in [-0.2, -0.15) is 10.5 Å². The van der Waals surface area contributed by atoms with Gasteiger partial charge < -0.3 is 0 Å². The molecule has 1 aromatic heterocycles. The molecule has 0 bridgehead atoms. The van der Waals surface area contributed by atoms with Crippen molar-refractivity contribution in [3.63, 3.8) is 0 Å². The molecule has 0 spiro atoms. The van der Waals surface area contributed by atoms with Crippen molar-refractivity contribution in [1.82, 2.24) is 9.97 Å². The maximum absolute atomic E-state index is 9.21. The maximum atomic E-state index is 9.21. The Morgan fingerprint density at radius 1 is 0.577 bits per heavy atom. The summed E-state index contributed by atoms with van der Waals surface area (Å²) in [6.07, 6.45) is 7.40. The molecule has 0 aliphatic rings. The first-order valence-corrected chi connectivity index (χ1v) is 7.98. The lowest BCUT2D eigenvalue weighted by atomic mass is 10.1. The van der Waals surface area contributed by atoms with Gasteiger partial charge >= 0.3 is 0 Å². The summed E-state index contributed by atoms with van der Waals surface area (Å²) in [5, 5.41) is 18.4. The molecule has 1 heterocycles. The van der Waals surface area contributed by atoms with Crippen molar-refractivity contribution in [2.24, 2.45) is 0 Å². The van der Waals surface area contributed by atoms with E-state index in [1.165, 1.54) is 0 Å². The fourth-order valence-corrected chi connectivity index (χ4v) is 2.34.